The highest BCUT2D eigenvalue weighted by Gasteiger charge is 2.70. The fourth-order valence-corrected chi connectivity index (χ4v) is 10.4. The van der Waals surface area contributed by atoms with E-state index in [0.717, 1.165) is 0 Å². The van der Waals surface area contributed by atoms with E-state index in [9.17, 15) is 16.8 Å². The first-order valence-corrected chi connectivity index (χ1v) is 11.5. The lowest BCUT2D eigenvalue weighted by atomic mass is 9.82. The van der Waals surface area contributed by atoms with Gasteiger partial charge in [0, 0.05) is 13.1 Å². The van der Waals surface area contributed by atoms with Gasteiger partial charge in [0.1, 0.15) is 5.54 Å². The van der Waals surface area contributed by atoms with Gasteiger partial charge in [-0.2, -0.15) is 0 Å². The first-order valence-electron chi connectivity index (χ1n) is 8.42. The molecule has 0 amide bonds. The van der Waals surface area contributed by atoms with Gasteiger partial charge in [0.25, 0.3) is 0 Å². The zero-order chi connectivity index (χ0) is 18.2. The Morgan fingerprint density at radius 3 is 1.77 bits per heavy atom. The van der Waals surface area contributed by atoms with Crippen LogP contribution in [0.15, 0.2) is 58.3 Å². The zero-order valence-electron chi connectivity index (χ0n) is 13.8. The number of hydrogen-bond acceptors (Lipinski definition) is 6. The maximum atomic E-state index is 13.4. The topological polar surface area (TPSA) is 80.8 Å². The van der Waals surface area contributed by atoms with E-state index in [1.807, 2.05) is 4.90 Å². The van der Waals surface area contributed by atoms with Crippen LogP contribution in [0.1, 0.15) is 11.1 Å². The highest BCUT2D eigenvalue weighted by molar-refractivity contribution is 8.09. The third-order valence-corrected chi connectivity index (χ3v) is 10.9. The molecule has 0 radical (unpaired) electrons. The molecule has 1 saturated heterocycles. The van der Waals surface area contributed by atoms with Crippen molar-refractivity contribution >= 4 is 19.7 Å². The molecule has 2 aromatic carbocycles. The van der Waals surface area contributed by atoms with Crippen molar-refractivity contribution in [3.05, 3.63) is 59.7 Å². The summed E-state index contributed by atoms with van der Waals surface area (Å²) in [4.78, 5) is 2.22. The van der Waals surface area contributed by atoms with Crippen LogP contribution in [-0.4, -0.2) is 52.6 Å². The van der Waals surface area contributed by atoms with E-state index >= 15 is 0 Å². The molecule has 5 rings (SSSR count). The van der Waals surface area contributed by atoms with Crippen LogP contribution in [0.25, 0.3) is 0 Å². The first-order chi connectivity index (χ1) is 12.4. The van der Waals surface area contributed by atoms with Crippen molar-refractivity contribution in [1.29, 1.82) is 0 Å². The van der Waals surface area contributed by atoms with Gasteiger partial charge in [0.15, 0.2) is 24.3 Å². The Labute approximate surface area is 152 Å². The Hall–Kier alpha value is -1.74. The summed E-state index contributed by atoms with van der Waals surface area (Å²) in [6, 6.07) is 13.4. The number of ether oxygens (including phenoxy) is 1. The summed E-state index contributed by atoms with van der Waals surface area (Å²) in [5.74, 6) is 0. The maximum absolute atomic E-state index is 13.4. The monoisotopic (exact) mass is 391 g/mol. The number of morpholine rings is 1. The summed E-state index contributed by atoms with van der Waals surface area (Å²) >= 11 is 0. The van der Waals surface area contributed by atoms with Crippen molar-refractivity contribution < 1.29 is 21.6 Å². The average Bonchev–Trinajstić information content (AvgIpc) is 3.01. The molecule has 0 spiro atoms. The van der Waals surface area contributed by atoms with Crippen LogP contribution in [0.4, 0.5) is 0 Å². The van der Waals surface area contributed by atoms with E-state index in [-0.39, 0.29) is 9.79 Å². The molecule has 3 aliphatic rings. The van der Waals surface area contributed by atoms with E-state index in [4.69, 9.17) is 4.74 Å². The predicted octanol–water partition coefficient (Wildman–Crippen LogP) is 1.16. The standard InChI is InChI=1S/C18H17NO5S2/c20-25(21)15-7-3-1-5-13(15)18(19-9-11-24-12-10-19)14-6-2-4-8-16(14)26(22,23)17(18)25/h1-8,17H,9-12H2. The van der Waals surface area contributed by atoms with Gasteiger partial charge in [0.05, 0.1) is 23.0 Å². The molecule has 0 bridgehead atoms. The lowest BCUT2D eigenvalue weighted by Gasteiger charge is -2.43. The number of benzene rings is 2. The molecule has 1 fully saturated rings. The Balaban J connectivity index is 1.96. The van der Waals surface area contributed by atoms with Crippen LogP contribution in [0, 0.1) is 0 Å². The molecule has 0 saturated carbocycles. The SMILES string of the molecule is O=S1(=O)c2ccccc2C2(N3CCOCC3)c3ccccc3S(=O)(=O)C21. The minimum absolute atomic E-state index is 0.120. The lowest BCUT2D eigenvalue weighted by molar-refractivity contribution is -0.00491. The van der Waals surface area contributed by atoms with Gasteiger partial charge in [-0.15, -0.1) is 0 Å². The molecular weight excluding hydrogens is 374 g/mol. The van der Waals surface area contributed by atoms with Crippen LogP contribution >= 0.6 is 0 Å². The summed E-state index contributed by atoms with van der Waals surface area (Å²) in [6.07, 6.45) is 0. The maximum Gasteiger partial charge on any atom is 0.198 e. The molecule has 3 heterocycles. The van der Waals surface area contributed by atoms with Gasteiger partial charge >= 0.3 is 0 Å². The molecule has 0 aliphatic carbocycles. The normalized spacial score (nSPS) is 31.2. The summed E-state index contributed by atoms with van der Waals surface area (Å²) < 4.78 is 57.3. The van der Waals surface area contributed by atoms with E-state index in [0.29, 0.717) is 37.4 Å². The lowest BCUT2D eigenvalue weighted by Crippen LogP contribution is -2.56. The summed E-state index contributed by atoms with van der Waals surface area (Å²) in [6.45, 7) is 1.84. The highest BCUT2D eigenvalue weighted by atomic mass is 32.3. The third kappa shape index (κ3) is 1.73. The van der Waals surface area contributed by atoms with Gasteiger partial charge in [-0.25, -0.2) is 16.8 Å². The third-order valence-electron chi connectivity index (χ3n) is 5.62. The predicted molar refractivity (Wildman–Crippen MR) is 94.2 cm³/mol. The molecule has 0 atom stereocenters. The van der Waals surface area contributed by atoms with E-state index in [2.05, 4.69) is 0 Å². The Morgan fingerprint density at radius 2 is 1.27 bits per heavy atom. The molecule has 0 unspecified atom stereocenters. The van der Waals surface area contributed by atoms with Crippen LogP contribution in [0.2, 0.25) is 0 Å². The number of rotatable bonds is 1. The second-order valence-corrected chi connectivity index (χ2v) is 11.1. The molecule has 136 valence electrons. The molecule has 26 heavy (non-hydrogen) atoms. The largest absolute Gasteiger partial charge is 0.379 e. The molecule has 3 aliphatic heterocycles. The van der Waals surface area contributed by atoms with Crippen LogP contribution < -0.4 is 0 Å². The summed E-state index contributed by atoms with van der Waals surface area (Å²) in [5, 5.41) is 0. The van der Waals surface area contributed by atoms with Crippen LogP contribution in [0.3, 0.4) is 0 Å². The molecule has 0 aromatic heterocycles. The first kappa shape index (κ1) is 16.4. The average molecular weight is 391 g/mol. The highest BCUT2D eigenvalue weighted by Crippen LogP contribution is 2.59. The zero-order valence-corrected chi connectivity index (χ0v) is 15.5. The van der Waals surface area contributed by atoms with Crippen LogP contribution in [-0.2, 0) is 30.0 Å². The van der Waals surface area contributed by atoms with E-state index < -0.39 is 29.8 Å². The van der Waals surface area contributed by atoms with Crippen molar-refractivity contribution in [1.82, 2.24) is 4.90 Å². The van der Waals surface area contributed by atoms with Gasteiger partial charge in [-0.1, -0.05) is 36.4 Å². The van der Waals surface area contributed by atoms with E-state index in [1.165, 1.54) is 12.1 Å². The molecule has 6 nitrogen and oxygen atoms in total. The Bertz CT molecular complexity index is 1040. The molecule has 0 N–H and O–H groups in total. The fraction of sp³-hybridized carbons (Fsp3) is 0.333. The molecular formula is C18H17NO5S2. The van der Waals surface area contributed by atoms with Crippen molar-refractivity contribution in [3.8, 4) is 0 Å². The second kappa shape index (κ2) is 5.16. The second-order valence-electron chi connectivity index (χ2n) is 6.78. The van der Waals surface area contributed by atoms with Gasteiger partial charge in [-0.05, 0) is 23.3 Å². The van der Waals surface area contributed by atoms with Crippen LogP contribution in [0.5, 0.6) is 0 Å². The summed E-state index contributed by atoms with van der Waals surface area (Å²) in [5.41, 5.74) is -0.102. The smallest absolute Gasteiger partial charge is 0.198 e. The van der Waals surface area contributed by atoms with Gasteiger partial charge < -0.3 is 4.74 Å². The quantitative estimate of drug-likeness (QED) is 0.726. The minimum Gasteiger partial charge on any atom is -0.379 e. The van der Waals surface area contributed by atoms with Gasteiger partial charge in [0.2, 0.25) is 0 Å². The molecule has 2 aromatic rings. The Kier molecular flexibility index (Phi) is 3.26. The minimum atomic E-state index is -4.04. The van der Waals surface area contributed by atoms with Crippen molar-refractivity contribution in [2.45, 2.75) is 19.9 Å². The van der Waals surface area contributed by atoms with Crippen molar-refractivity contribution in [3.63, 3.8) is 0 Å². The van der Waals surface area contributed by atoms with Crippen molar-refractivity contribution in [2.24, 2.45) is 0 Å². The molecule has 8 heteroatoms. The number of fused-ring (bicyclic) bond motifs is 5. The van der Waals surface area contributed by atoms with E-state index in [1.54, 1.807) is 36.4 Å². The number of hydrogen-bond donors (Lipinski definition) is 0. The Morgan fingerprint density at radius 1 is 0.808 bits per heavy atom. The number of sulfone groups is 2. The summed E-state index contributed by atoms with van der Waals surface area (Å²) in [7, 11) is -8.07. The number of nitrogens with zero attached hydrogens (tertiary/aromatic N) is 1. The fourth-order valence-electron chi connectivity index (χ4n) is 4.71. The van der Waals surface area contributed by atoms with Gasteiger partial charge in [-0.3, -0.25) is 4.90 Å². The van der Waals surface area contributed by atoms with Crippen molar-refractivity contribution in [2.75, 3.05) is 26.3 Å².